The van der Waals surface area contributed by atoms with Gasteiger partial charge >= 0.3 is 11.9 Å². The van der Waals surface area contributed by atoms with Crippen LogP contribution in [0.4, 0.5) is 0 Å². The molecule has 1 atom stereocenters. The molecule has 0 rings (SSSR count). The smallest absolute Gasteiger partial charge is 0.336 e. The van der Waals surface area contributed by atoms with Gasteiger partial charge in [0.05, 0.1) is 0 Å². The van der Waals surface area contributed by atoms with Gasteiger partial charge in [0.15, 0.2) is 6.10 Å². The summed E-state index contributed by atoms with van der Waals surface area (Å²) in [4.78, 5) is 21.4. The van der Waals surface area contributed by atoms with Crippen molar-refractivity contribution in [3.8, 4) is 0 Å². The number of aliphatic hydroxyl groups excluding tert-OH is 1. The van der Waals surface area contributed by atoms with E-state index in [2.05, 4.69) is 11.7 Å². The van der Waals surface area contributed by atoms with Crippen LogP contribution >= 0.6 is 0 Å². The lowest BCUT2D eigenvalue weighted by atomic mass is 10.1. The number of carboxylic acid groups (broad SMARTS) is 1. The van der Waals surface area contributed by atoms with Crippen molar-refractivity contribution < 1.29 is 24.5 Å². The van der Waals surface area contributed by atoms with Crippen LogP contribution in [0.1, 0.15) is 58.3 Å². The van der Waals surface area contributed by atoms with Crippen molar-refractivity contribution in [3.63, 3.8) is 0 Å². The van der Waals surface area contributed by atoms with Gasteiger partial charge in [0.25, 0.3) is 0 Å². The van der Waals surface area contributed by atoms with Gasteiger partial charge in [-0.15, -0.1) is 0 Å². The third kappa shape index (κ3) is 10.1. The minimum atomic E-state index is -1.62. The Hall–Kier alpha value is -1.10. The van der Waals surface area contributed by atoms with Crippen LogP contribution in [0.2, 0.25) is 0 Å². The van der Waals surface area contributed by atoms with Crippen LogP contribution in [0.3, 0.4) is 0 Å². The second kappa shape index (κ2) is 11.0. The largest absolute Gasteiger partial charge is 0.479 e. The minimum Gasteiger partial charge on any atom is -0.479 e. The minimum absolute atomic E-state index is 0.292. The molecule has 0 saturated carbocycles. The van der Waals surface area contributed by atoms with E-state index in [4.69, 9.17) is 10.2 Å². The summed E-state index contributed by atoms with van der Waals surface area (Å²) in [6.45, 7) is 1.70. The maximum Gasteiger partial charge on any atom is 0.336 e. The van der Waals surface area contributed by atoms with E-state index in [-0.39, 0.29) is 0 Å². The molecule has 0 aromatic heterocycles. The number of carboxylic acids is 1. The normalized spacial score (nSPS) is 12.1. The van der Waals surface area contributed by atoms with E-state index >= 15 is 0 Å². The van der Waals surface area contributed by atoms with Crippen LogP contribution in [0.15, 0.2) is 0 Å². The van der Waals surface area contributed by atoms with Crippen molar-refractivity contribution >= 4 is 11.9 Å². The molecule has 18 heavy (non-hydrogen) atoms. The average Bonchev–Trinajstić information content (AvgIpc) is 2.34. The van der Waals surface area contributed by atoms with Crippen LogP contribution in [0.5, 0.6) is 0 Å². The molecule has 0 aromatic rings. The van der Waals surface area contributed by atoms with Gasteiger partial charge < -0.3 is 14.9 Å². The van der Waals surface area contributed by atoms with Gasteiger partial charge in [-0.3, -0.25) is 4.79 Å². The Morgan fingerprint density at radius 2 is 1.61 bits per heavy atom. The first-order valence-electron chi connectivity index (χ1n) is 6.64. The molecule has 0 bridgehead atoms. The lowest BCUT2D eigenvalue weighted by Crippen LogP contribution is -2.26. The van der Waals surface area contributed by atoms with Crippen LogP contribution in [-0.2, 0) is 14.3 Å². The van der Waals surface area contributed by atoms with Crippen LogP contribution < -0.4 is 0 Å². The SMILES string of the molecule is CCCCCCCCCC(=O)OCC(O)C(=O)O. The third-order valence-electron chi connectivity index (χ3n) is 2.67. The Morgan fingerprint density at radius 1 is 1.06 bits per heavy atom. The lowest BCUT2D eigenvalue weighted by molar-refractivity contribution is -0.156. The fourth-order valence-corrected chi connectivity index (χ4v) is 1.54. The van der Waals surface area contributed by atoms with Crippen molar-refractivity contribution in [2.24, 2.45) is 0 Å². The Kier molecular flexibility index (Phi) is 10.3. The van der Waals surface area contributed by atoms with Crippen molar-refractivity contribution in [1.82, 2.24) is 0 Å². The number of hydrogen-bond acceptors (Lipinski definition) is 4. The molecule has 5 heteroatoms. The first-order valence-corrected chi connectivity index (χ1v) is 6.64. The molecular formula is C13H24O5. The molecule has 0 aliphatic rings. The van der Waals surface area contributed by atoms with Crippen molar-refractivity contribution in [2.75, 3.05) is 6.61 Å². The number of aliphatic hydroxyl groups is 1. The maximum absolute atomic E-state index is 11.2. The van der Waals surface area contributed by atoms with E-state index in [1.165, 1.54) is 25.7 Å². The van der Waals surface area contributed by atoms with Gasteiger partial charge in [0, 0.05) is 6.42 Å². The predicted molar refractivity (Wildman–Crippen MR) is 67.2 cm³/mol. The molecule has 0 amide bonds. The van der Waals surface area contributed by atoms with E-state index in [0.717, 1.165) is 19.3 Å². The molecule has 106 valence electrons. The summed E-state index contributed by atoms with van der Waals surface area (Å²) in [7, 11) is 0. The van der Waals surface area contributed by atoms with Gasteiger partial charge in [-0.05, 0) is 6.42 Å². The number of ether oxygens (including phenoxy) is 1. The molecule has 0 aromatic carbocycles. The number of esters is 1. The van der Waals surface area contributed by atoms with E-state index in [1.54, 1.807) is 0 Å². The molecule has 0 heterocycles. The summed E-state index contributed by atoms with van der Waals surface area (Å²) in [5, 5.41) is 17.3. The van der Waals surface area contributed by atoms with E-state index < -0.39 is 24.6 Å². The van der Waals surface area contributed by atoms with E-state index in [9.17, 15) is 9.59 Å². The number of rotatable bonds is 11. The van der Waals surface area contributed by atoms with Crippen LogP contribution in [0, 0.1) is 0 Å². The molecule has 0 aliphatic heterocycles. The first kappa shape index (κ1) is 16.9. The van der Waals surface area contributed by atoms with Gasteiger partial charge in [-0.1, -0.05) is 45.4 Å². The predicted octanol–water partition coefficient (Wildman–Crippen LogP) is 2.12. The molecular weight excluding hydrogens is 236 g/mol. The summed E-state index contributed by atoms with van der Waals surface area (Å²) in [5.74, 6) is -1.82. The van der Waals surface area contributed by atoms with Gasteiger partial charge in [-0.25, -0.2) is 4.79 Å². The summed E-state index contributed by atoms with van der Waals surface area (Å²) >= 11 is 0. The van der Waals surface area contributed by atoms with E-state index in [1.807, 2.05) is 0 Å². The van der Waals surface area contributed by atoms with Crippen molar-refractivity contribution in [2.45, 2.75) is 64.4 Å². The Morgan fingerprint density at radius 3 is 2.17 bits per heavy atom. The Bertz CT molecular complexity index is 240. The standard InChI is InChI=1S/C13H24O5/c1-2-3-4-5-6-7-8-9-12(15)18-10-11(14)13(16)17/h11,14H,2-10H2,1H3,(H,16,17). The molecule has 0 aliphatic carbocycles. The zero-order valence-electron chi connectivity index (χ0n) is 11.1. The number of carbonyl (C=O) groups excluding carboxylic acids is 1. The summed E-state index contributed by atoms with van der Waals surface area (Å²) in [5.41, 5.74) is 0. The Balaban J connectivity index is 3.35. The maximum atomic E-state index is 11.2. The molecule has 0 fully saturated rings. The molecule has 1 unspecified atom stereocenters. The topological polar surface area (TPSA) is 83.8 Å². The van der Waals surface area contributed by atoms with Crippen LogP contribution in [0.25, 0.3) is 0 Å². The molecule has 0 radical (unpaired) electrons. The highest BCUT2D eigenvalue weighted by molar-refractivity contribution is 5.73. The van der Waals surface area contributed by atoms with Crippen molar-refractivity contribution in [3.05, 3.63) is 0 Å². The number of aliphatic carboxylic acids is 1. The van der Waals surface area contributed by atoms with Gasteiger partial charge in [0.2, 0.25) is 0 Å². The highest BCUT2D eigenvalue weighted by atomic mass is 16.5. The second-order valence-corrected chi connectivity index (χ2v) is 4.41. The zero-order valence-corrected chi connectivity index (χ0v) is 11.1. The summed E-state index contributed by atoms with van der Waals surface area (Å²) in [6.07, 6.45) is 6.45. The second-order valence-electron chi connectivity index (χ2n) is 4.41. The zero-order chi connectivity index (χ0) is 13.8. The van der Waals surface area contributed by atoms with E-state index in [0.29, 0.717) is 6.42 Å². The number of hydrogen-bond donors (Lipinski definition) is 2. The molecule has 0 saturated heterocycles. The first-order chi connectivity index (χ1) is 8.57. The monoisotopic (exact) mass is 260 g/mol. The summed E-state index contributed by atoms with van der Waals surface area (Å²) in [6, 6.07) is 0. The lowest BCUT2D eigenvalue weighted by Gasteiger charge is -2.07. The van der Waals surface area contributed by atoms with Gasteiger partial charge in [-0.2, -0.15) is 0 Å². The molecule has 5 nitrogen and oxygen atoms in total. The summed E-state index contributed by atoms with van der Waals surface area (Å²) < 4.78 is 4.64. The molecule has 0 spiro atoms. The highest BCUT2D eigenvalue weighted by Gasteiger charge is 2.15. The average molecular weight is 260 g/mol. The number of unbranched alkanes of at least 4 members (excludes halogenated alkanes) is 6. The number of carbonyl (C=O) groups is 2. The highest BCUT2D eigenvalue weighted by Crippen LogP contribution is 2.08. The van der Waals surface area contributed by atoms with Crippen LogP contribution in [-0.4, -0.2) is 34.9 Å². The van der Waals surface area contributed by atoms with Gasteiger partial charge in [0.1, 0.15) is 6.61 Å². The Labute approximate surface area is 108 Å². The third-order valence-corrected chi connectivity index (χ3v) is 2.67. The molecule has 2 N–H and O–H groups in total. The fourth-order valence-electron chi connectivity index (χ4n) is 1.54. The fraction of sp³-hybridized carbons (Fsp3) is 0.846. The van der Waals surface area contributed by atoms with Crippen molar-refractivity contribution in [1.29, 1.82) is 0 Å². The quantitative estimate of drug-likeness (QED) is 0.439.